The van der Waals surface area contributed by atoms with E-state index in [4.69, 9.17) is 9.84 Å². The molecular formula is C11H21NO3. The van der Waals surface area contributed by atoms with Gasteiger partial charge in [0.05, 0.1) is 31.3 Å². The minimum absolute atomic E-state index is 0.00657. The molecule has 88 valence electrons. The maximum atomic E-state index is 11.8. The molecule has 1 aliphatic rings. The summed E-state index contributed by atoms with van der Waals surface area (Å²) in [6, 6.07) is -0.145. The van der Waals surface area contributed by atoms with Gasteiger partial charge in [-0.25, -0.2) is 0 Å². The van der Waals surface area contributed by atoms with Crippen molar-refractivity contribution in [3.05, 3.63) is 0 Å². The van der Waals surface area contributed by atoms with E-state index in [-0.39, 0.29) is 36.5 Å². The zero-order valence-electron chi connectivity index (χ0n) is 9.69. The Balaban J connectivity index is 2.40. The third-order valence-corrected chi connectivity index (χ3v) is 2.90. The highest BCUT2D eigenvalue weighted by molar-refractivity contribution is 5.79. The lowest BCUT2D eigenvalue weighted by Gasteiger charge is -2.21. The van der Waals surface area contributed by atoms with E-state index in [9.17, 15) is 4.79 Å². The van der Waals surface area contributed by atoms with Crippen molar-refractivity contribution in [2.45, 2.75) is 39.3 Å². The maximum Gasteiger partial charge on any atom is 0.225 e. The SMILES string of the molecule is CC1CC(C(=O)N[C@H](CO)C(C)C)CO1. The minimum atomic E-state index is -0.145. The van der Waals surface area contributed by atoms with Crippen LogP contribution < -0.4 is 5.32 Å². The Hall–Kier alpha value is -0.610. The number of aliphatic hydroxyl groups excluding tert-OH is 1. The number of rotatable bonds is 4. The van der Waals surface area contributed by atoms with Crippen LogP contribution in [0.5, 0.6) is 0 Å². The summed E-state index contributed by atoms with van der Waals surface area (Å²) in [5.41, 5.74) is 0. The largest absolute Gasteiger partial charge is 0.394 e. The zero-order chi connectivity index (χ0) is 11.4. The van der Waals surface area contributed by atoms with Crippen LogP contribution in [0.25, 0.3) is 0 Å². The van der Waals surface area contributed by atoms with Crippen LogP contribution in [0.4, 0.5) is 0 Å². The van der Waals surface area contributed by atoms with E-state index in [0.29, 0.717) is 6.61 Å². The molecule has 2 unspecified atom stereocenters. The molecule has 0 saturated carbocycles. The summed E-state index contributed by atoms with van der Waals surface area (Å²) in [6.07, 6.45) is 0.953. The van der Waals surface area contributed by atoms with Crippen LogP contribution in [0, 0.1) is 11.8 Å². The molecule has 0 spiro atoms. The van der Waals surface area contributed by atoms with Crippen LogP contribution >= 0.6 is 0 Å². The summed E-state index contributed by atoms with van der Waals surface area (Å²) in [5, 5.41) is 12.0. The van der Waals surface area contributed by atoms with E-state index in [1.165, 1.54) is 0 Å². The van der Waals surface area contributed by atoms with Gasteiger partial charge in [0.2, 0.25) is 5.91 Å². The van der Waals surface area contributed by atoms with Crippen molar-refractivity contribution in [1.82, 2.24) is 5.32 Å². The van der Waals surface area contributed by atoms with Crippen LogP contribution in [0.3, 0.4) is 0 Å². The van der Waals surface area contributed by atoms with Gasteiger partial charge in [-0.2, -0.15) is 0 Å². The summed E-state index contributed by atoms with van der Waals surface area (Å²) in [5.74, 6) is 0.207. The molecule has 0 aromatic carbocycles. The molecule has 1 fully saturated rings. The fraction of sp³-hybridized carbons (Fsp3) is 0.909. The van der Waals surface area contributed by atoms with Crippen molar-refractivity contribution in [3.8, 4) is 0 Å². The molecular weight excluding hydrogens is 194 g/mol. The number of amides is 1. The average molecular weight is 215 g/mol. The molecule has 0 bridgehead atoms. The first-order chi connectivity index (χ1) is 7.04. The van der Waals surface area contributed by atoms with E-state index in [1.54, 1.807) is 0 Å². The summed E-state index contributed by atoms with van der Waals surface area (Å²) < 4.78 is 5.34. The molecule has 1 aliphatic heterocycles. The molecule has 4 nitrogen and oxygen atoms in total. The highest BCUT2D eigenvalue weighted by atomic mass is 16.5. The van der Waals surface area contributed by atoms with Gasteiger partial charge in [-0.15, -0.1) is 0 Å². The number of aliphatic hydroxyl groups is 1. The van der Waals surface area contributed by atoms with Crippen LogP contribution in [0.2, 0.25) is 0 Å². The lowest BCUT2D eigenvalue weighted by Crippen LogP contribution is -2.44. The molecule has 1 rings (SSSR count). The topological polar surface area (TPSA) is 58.6 Å². The quantitative estimate of drug-likeness (QED) is 0.720. The Kier molecular flexibility index (Phi) is 4.54. The average Bonchev–Trinajstić information content (AvgIpc) is 2.60. The highest BCUT2D eigenvalue weighted by Gasteiger charge is 2.29. The predicted octanol–water partition coefficient (Wildman–Crippen LogP) is 0.544. The van der Waals surface area contributed by atoms with Gasteiger partial charge < -0.3 is 15.2 Å². The van der Waals surface area contributed by atoms with E-state index in [1.807, 2.05) is 20.8 Å². The first-order valence-electron chi connectivity index (χ1n) is 5.57. The fourth-order valence-electron chi connectivity index (χ4n) is 1.72. The Bertz CT molecular complexity index is 218. The van der Waals surface area contributed by atoms with Gasteiger partial charge in [-0.1, -0.05) is 13.8 Å². The second-order valence-electron chi connectivity index (χ2n) is 4.62. The third kappa shape index (κ3) is 3.47. The van der Waals surface area contributed by atoms with Crippen LogP contribution in [0.1, 0.15) is 27.2 Å². The maximum absolute atomic E-state index is 11.8. The molecule has 0 radical (unpaired) electrons. The van der Waals surface area contributed by atoms with Crippen molar-refractivity contribution < 1.29 is 14.6 Å². The lowest BCUT2D eigenvalue weighted by molar-refractivity contribution is -0.126. The highest BCUT2D eigenvalue weighted by Crippen LogP contribution is 2.19. The van der Waals surface area contributed by atoms with Gasteiger partial charge in [-0.3, -0.25) is 4.79 Å². The van der Waals surface area contributed by atoms with E-state index in [0.717, 1.165) is 6.42 Å². The van der Waals surface area contributed by atoms with Gasteiger partial charge in [-0.05, 0) is 19.3 Å². The third-order valence-electron chi connectivity index (χ3n) is 2.90. The summed E-state index contributed by atoms with van der Waals surface area (Å²) >= 11 is 0. The normalized spacial score (nSPS) is 28.1. The number of nitrogens with one attached hydrogen (secondary N) is 1. The van der Waals surface area contributed by atoms with Gasteiger partial charge >= 0.3 is 0 Å². The van der Waals surface area contributed by atoms with Gasteiger partial charge in [0.15, 0.2) is 0 Å². The molecule has 4 heteroatoms. The predicted molar refractivity (Wildman–Crippen MR) is 57.4 cm³/mol. The molecule has 0 aliphatic carbocycles. The van der Waals surface area contributed by atoms with E-state index >= 15 is 0 Å². The van der Waals surface area contributed by atoms with Crippen LogP contribution in [0.15, 0.2) is 0 Å². The Morgan fingerprint density at radius 3 is 2.67 bits per heavy atom. The van der Waals surface area contributed by atoms with E-state index in [2.05, 4.69) is 5.32 Å². The first kappa shape index (κ1) is 12.5. The monoisotopic (exact) mass is 215 g/mol. The number of ether oxygens (including phenoxy) is 1. The number of hydrogen-bond donors (Lipinski definition) is 2. The van der Waals surface area contributed by atoms with Gasteiger partial charge in [0.1, 0.15) is 0 Å². The number of carbonyl (C=O) groups is 1. The number of carbonyl (C=O) groups excluding carboxylic acids is 1. The summed E-state index contributed by atoms with van der Waals surface area (Å²) in [4.78, 5) is 11.8. The number of hydrogen-bond acceptors (Lipinski definition) is 3. The zero-order valence-corrected chi connectivity index (χ0v) is 9.69. The summed E-state index contributed by atoms with van der Waals surface area (Å²) in [6.45, 7) is 6.43. The smallest absolute Gasteiger partial charge is 0.225 e. The minimum Gasteiger partial charge on any atom is -0.394 e. The Morgan fingerprint density at radius 1 is 1.60 bits per heavy atom. The second kappa shape index (κ2) is 5.47. The molecule has 1 heterocycles. The standard InChI is InChI=1S/C11H21NO3/c1-7(2)10(5-13)12-11(14)9-4-8(3)15-6-9/h7-10,13H,4-6H2,1-3H3,(H,12,14)/t8?,9?,10-/m1/s1. The van der Waals surface area contributed by atoms with Crippen molar-refractivity contribution in [2.24, 2.45) is 11.8 Å². The van der Waals surface area contributed by atoms with Crippen molar-refractivity contribution in [3.63, 3.8) is 0 Å². The first-order valence-corrected chi connectivity index (χ1v) is 5.57. The Labute approximate surface area is 91.0 Å². The van der Waals surface area contributed by atoms with E-state index < -0.39 is 0 Å². The molecule has 15 heavy (non-hydrogen) atoms. The molecule has 0 aromatic rings. The van der Waals surface area contributed by atoms with Gasteiger partial charge in [0.25, 0.3) is 0 Å². The van der Waals surface area contributed by atoms with Gasteiger partial charge in [0, 0.05) is 0 Å². The molecule has 3 atom stereocenters. The summed E-state index contributed by atoms with van der Waals surface area (Å²) in [7, 11) is 0. The van der Waals surface area contributed by atoms with Crippen molar-refractivity contribution in [2.75, 3.05) is 13.2 Å². The molecule has 1 saturated heterocycles. The van der Waals surface area contributed by atoms with Crippen molar-refractivity contribution in [1.29, 1.82) is 0 Å². The molecule has 1 amide bonds. The Morgan fingerprint density at radius 2 is 2.27 bits per heavy atom. The molecule has 2 N–H and O–H groups in total. The van der Waals surface area contributed by atoms with Crippen LogP contribution in [-0.4, -0.2) is 36.4 Å². The lowest BCUT2D eigenvalue weighted by atomic mass is 10.0. The van der Waals surface area contributed by atoms with Crippen molar-refractivity contribution >= 4 is 5.91 Å². The second-order valence-corrected chi connectivity index (χ2v) is 4.62. The van der Waals surface area contributed by atoms with Crippen LogP contribution in [-0.2, 0) is 9.53 Å². The molecule has 0 aromatic heterocycles. The fourth-order valence-corrected chi connectivity index (χ4v) is 1.72.